The summed E-state index contributed by atoms with van der Waals surface area (Å²) in [5, 5.41) is 13.5. The molecule has 0 fully saturated rings. The summed E-state index contributed by atoms with van der Waals surface area (Å²) >= 11 is 5.94. The van der Waals surface area contributed by atoms with Crippen LogP contribution in [0.3, 0.4) is 0 Å². The zero-order valence-electron chi connectivity index (χ0n) is 11.1. The quantitative estimate of drug-likeness (QED) is 0.516. The summed E-state index contributed by atoms with van der Waals surface area (Å²) in [4.78, 5) is 22.4. The van der Waals surface area contributed by atoms with E-state index < -0.39 is 10.8 Å². The third-order valence-corrected chi connectivity index (χ3v) is 3.23. The zero-order valence-corrected chi connectivity index (χ0v) is 11.8. The second-order valence-electron chi connectivity index (χ2n) is 4.45. The standard InChI is InChI=1S/C14H12ClN3O3/c1-8-6-9(16)2-4-11(8)14(19)17-13-7-10(18(20)21)3-5-12(13)15/h2-7H,16H2,1H3,(H,17,19). The average Bonchev–Trinajstić information content (AvgIpc) is 2.40. The van der Waals surface area contributed by atoms with Gasteiger partial charge in [-0.15, -0.1) is 0 Å². The number of benzene rings is 2. The maximum atomic E-state index is 12.2. The Morgan fingerprint density at radius 1 is 1.29 bits per heavy atom. The highest BCUT2D eigenvalue weighted by atomic mass is 35.5. The summed E-state index contributed by atoms with van der Waals surface area (Å²) in [5.74, 6) is -0.408. The van der Waals surface area contributed by atoms with Gasteiger partial charge >= 0.3 is 0 Å². The Morgan fingerprint density at radius 3 is 2.62 bits per heavy atom. The molecule has 0 radical (unpaired) electrons. The highest BCUT2D eigenvalue weighted by Gasteiger charge is 2.14. The molecule has 0 aliphatic carbocycles. The molecular formula is C14H12ClN3O3. The Hall–Kier alpha value is -2.60. The van der Waals surface area contributed by atoms with Crippen LogP contribution in [0.15, 0.2) is 36.4 Å². The highest BCUT2D eigenvalue weighted by Crippen LogP contribution is 2.27. The number of nitrogens with two attached hydrogens (primary N) is 1. The maximum Gasteiger partial charge on any atom is 0.271 e. The first-order chi connectivity index (χ1) is 9.88. The van der Waals surface area contributed by atoms with Crippen LogP contribution in [-0.2, 0) is 0 Å². The van der Waals surface area contributed by atoms with Crippen molar-refractivity contribution in [1.82, 2.24) is 0 Å². The number of non-ortho nitro benzene ring substituents is 1. The van der Waals surface area contributed by atoms with E-state index in [1.54, 1.807) is 25.1 Å². The van der Waals surface area contributed by atoms with Crippen molar-refractivity contribution in [3.63, 3.8) is 0 Å². The summed E-state index contributed by atoms with van der Waals surface area (Å²) in [6.45, 7) is 1.75. The molecule has 2 aromatic carbocycles. The van der Waals surface area contributed by atoms with Crippen molar-refractivity contribution in [1.29, 1.82) is 0 Å². The SMILES string of the molecule is Cc1cc(N)ccc1C(=O)Nc1cc([N+](=O)[O-])ccc1Cl. The van der Waals surface area contributed by atoms with Crippen LogP contribution >= 0.6 is 11.6 Å². The number of amides is 1. The Kier molecular flexibility index (Phi) is 4.09. The third kappa shape index (κ3) is 3.29. The molecule has 108 valence electrons. The molecule has 0 bridgehead atoms. The van der Waals surface area contributed by atoms with E-state index in [1.165, 1.54) is 18.2 Å². The first kappa shape index (κ1) is 14.8. The molecule has 0 aliphatic rings. The fraction of sp³-hybridized carbons (Fsp3) is 0.0714. The van der Waals surface area contributed by atoms with Gasteiger partial charge in [0.2, 0.25) is 0 Å². The maximum absolute atomic E-state index is 12.2. The van der Waals surface area contributed by atoms with Gasteiger partial charge in [-0.1, -0.05) is 11.6 Å². The molecule has 3 N–H and O–H groups in total. The number of aryl methyl sites for hydroxylation is 1. The molecule has 0 unspecified atom stereocenters. The lowest BCUT2D eigenvalue weighted by molar-refractivity contribution is -0.384. The van der Waals surface area contributed by atoms with Crippen LogP contribution in [0, 0.1) is 17.0 Å². The van der Waals surface area contributed by atoms with Crippen LogP contribution < -0.4 is 11.1 Å². The number of hydrogen-bond acceptors (Lipinski definition) is 4. The lowest BCUT2D eigenvalue weighted by Gasteiger charge is -2.09. The van der Waals surface area contributed by atoms with Crippen molar-refractivity contribution in [2.45, 2.75) is 6.92 Å². The van der Waals surface area contributed by atoms with Crippen molar-refractivity contribution < 1.29 is 9.72 Å². The van der Waals surface area contributed by atoms with E-state index in [2.05, 4.69) is 5.32 Å². The molecule has 6 nitrogen and oxygen atoms in total. The number of halogens is 1. The van der Waals surface area contributed by atoms with E-state index in [9.17, 15) is 14.9 Å². The predicted molar refractivity (Wildman–Crippen MR) is 81.7 cm³/mol. The number of carbonyl (C=O) groups is 1. The Bertz CT molecular complexity index is 731. The normalized spacial score (nSPS) is 10.2. The summed E-state index contributed by atoms with van der Waals surface area (Å²) in [6.07, 6.45) is 0. The summed E-state index contributed by atoms with van der Waals surface area (Å²) in [6, 6.07) is 8.72. The smallest absolute Gasteiger partial charge is 0.271 e. The van der Waals surface area contributed by atoms with Gasteiger partial charge in [0.1, 0.15) is 0 Å². The minimum atomic E-state index is -0.555. The molecule has 7 heteroatoms. The Labute approximate surface area is 125 Å². The van der Waals surface area contributed by atoms with Crippen molar-refractivity contribution in [2.75, 3.05) is 11.1 Å². The number of nitrogens with one attached hydrogen (secondary N) is 1. The van der Waals surface area contributed by atoms with Gasteiger partial charge in [0.05, 0.1) is 15.6 Å². The second kappa shape index (κ2) is 5.80. The van der Waals surface area contributed by atoms with E-state index in [0.717, 1.165) is 0 Å². The van der Waals surface area contributed by atoms with Gasteiger partial charge in [-0.2, -0.15) is 0 Å². The van der Waals surface area contributed by atoms with Gasteiger partial charge in [0.15, 0.2) is 0 Å². The van der Waals surface area contributed by atoms with Crippen molar-refractivity contribution in [2.24, 2.45) is 0 Å². The van der Waals surface area contributed by atoms with Crippen LogP contribution in [0.5, 0.6) is 0 Å². The van der Waals surface area contributed by atoms with E-state index >= 15 is 0 Å². The summed E-state index contributed by atoms with van der Waals surface area (Å²) in [5.41, 5.74) is 7.35. The predicted octanol–water partition coefficient (Wildman–Crippen LogP) is 3.39. The van der Waals surface area contributed by atoms with Crippen LogP contribution in [0.2, 0.25) is 5.02 Å². The number of nitro groups is 1. The van der Waals surface area contributed by atoms with E-state index in [1.807, 2.05) is 0 Å². The first-order valence-corrected chi connectivity index (χ1v) is 6.37. The van der Waals surface area contributed by atoms with Crippen LogP contribution in [0.4, 0.5) is 17.1 Å². The van der Waals surface area contributed by atoms with Crippen molar-refractivity contribution in [3.8, 4) is 0 Å². The Morgan fingerprint density at radius 2 is 2.00 bits per heavy atom. The number of anilines is 2. The van der Waals surface area contributed by atoms with E-state index in [-0.39, 0.29) is 16.4 Å². The lowest BCUT2D eigenvalue weighted by Crippen LogP contribution is -2.14. The average molecular weight is 306 g/mol. The third-order valence-electron chi connectivity index (χ3n) is 2.90. The fourth-order valence-electron chi connectivity index (χ4n) is 1.85. The molecule has 0 heterocycles. The summed E-state index contributed by atoms with van der Waals surface area (Å²) < 4.78 is 0. The lowest BCUT2D eigenvalue weighted by atomic mass is 10.1. The van der Waals surface area contributed by atoms with Crippen LogP contribution in [0.1, 0.15) is 15.9 Å². The van der Waals surface area contributed by atoms with E-state index in [4.69, 9.17) is 17.3 Å². The molecule has 2 rings (SSSR count). The molecule has 0 spiro atoms. The fourth-order valence-corrected chi connectivity index (χ4v) is 2.02. The molecule has 0 saturated heterocycles. The number of nitrogens with zero attached hydrogens (tertiary/aromatic N) is 1. The van der Waals surface area contributed by atoms with Gasteiger partial charge < -0.3 is 11.1 Å². The summed E-state index contributed by atoms with van der Waals surface area (Å²) in [7, 11) is 0. The first-order valence-electron chi connectivity index (χ1n) is 6.00. The van der Waals surface area contributed by atoms with Gasteiger partial charge in [-0.25, -0.2) is 0 Å². The molecule has 0 atom stereocenters. The number of nitrogen functional groups attached to an aromatic ring is 1. The minimum Gasteiger partial charge on any atom is -0.399 e. The minimum absolute atomic E-state index is 0.149. The molecule has 0 aromatic heterocycles. The van der Waals surface area contributed by atoms with E-state index in [0.29, 0.717) is 16.8 Å². The molecule has 0 saturated carbocycles. The zero-order chi connectivity index (χ0) is 15.6. The van der Waals surface area contributed by atoms with Crippen molar-refractivity contribution in [3.05, 3.63) is 62.7 Å². The second-order valence-corrected chi connectivity index (χ2v) is 4.86. The van der Waals surface area contributed by atoms with Gasteiger partial charge in [0.25, 0.3) is 11.6 Å². The number of rotatable bonds is 3. The Balaban J connectivity index is 2.31. The molecule has 0 aliphatic heterocycles. The number of hydrogen-bond donors (Lipinski definition) is 2. The van der Waals surface area contributed by atoms with Crippen molar-refractivity contribution >= 4 is 34.6 Å². The van der Waals surface area contributed by atoms with Crippen LogP contribution in [-0.4, -0.2) is 10.8 Å². The van der Waals surface area contributed by atoms with Gasteiger partial charge in [-0.05, 0) is 36.8 Å². The van der Waals surface area contributed by atoms with Gasteiger partial charge in [-0.3, -0.25) is 14.9 Å². The highest BCUT2D eigenvalue weighted by molar-refractivity contribution is 6.34. The molecule has 1 amide bonds. The van der Waals surface area contributed by atoms with Gasteiger partial charge in [0, 0.05) is 23.4 Å². The van der Waals surface area contributed by atoms with Crippen LogP contribution in [0.25, 0.3) is 0 Å². The molecule has 2 aromatic rings. The molecule has 21 heavy (non-hydrogen) atoms. The molecular weight excluding hydrogens is 294 g/mol. The number of nitro benzene ring substituents is 1. The number of carbonyl (C=O) groups excluding carboxylic acids is 1. The topological polar surface area (TPSA) is 98.3 Å². The largest absolute Gasteiger partial charge is 0.399 e. The monoisotopic (exact) mass is 305 g/mol.